The predicted molar refractivity (Wildman–Crippen MR) is 82.2 cm³/mol. The fourth-order valence-corrected chi connectivity index (χ4v) is 2.60. The van der Waals surface area contributed by atoms with Crippen molar-refractivity contribution < 1.29 is 19.4 Å². The summed E-state index contributed by atoms with van der Waals surface area (Å²) in [5, 5.41) is 14.0. The molecule has 0 aliphatic heterocycles. The van der Waals surface area contributed by atoms with E-state index in [1.165, 1.54) is 12.1 Å². The number of nitrogens with zero attached hydrogens (tertiary/aromatic N) is 2. The van der Waals surface area contributed by atoms with Gasteiger partial charge in [0.15, 0.2) is 5.82 Å². The molecule has 1 heterocycles. The zero-order chi connectivity index (χ0) is 16.3. The lowest BCUT2D eigenvalue weighted by Gasteiger charge is -2.07. The van der Waals surface area contributed by atoms with Crippen molar-refractivity contribution in [3.05, 3.63) is 35.4 Å². The van der Waals surface area contributed by atoms with Crippen molar-refractivity contribution in [1.29, 1.82) is 0 Å². The molecule has 0 aliphatic rings. The van der Waals surface area contributed by atoms with E-state index in [0.717, 1.165) is 16.4 Å². The van der Waals surface area contributed by atoms with Crippen LogP contribution in [0.25, 0.3) is 0 Å². The Labute approximate surface area is 131 Å². The smallest absolute Gasteiger partial charge is 0.344 e. The number of carbonyl (C=O) groups excluding carboxylic acids is 2. The highest BCUT2D eigenvalue weighted by molar-refractivity contribution is 7.98. The number of hydrogen-bond acceptors (Lipinski definition) is 7. The minimum Gasteiger partial charge on any atom is -0.507 e. The molecule has 7 nitrogen and oxygen atoms in total. The number of phenols is 1. The maximum atomic E-state index is 12.5. The second kappa shape index (κ2) is 6.52. The Balaban J connectivity index is 2.53. The molecule has 0 fully saturated rings. The van der Waals surface area contributed by atoms with Gasteiger partial charge in [-0.15, -0.1) is 16.9 Å². The average Bonchev–Trinajstić information content (AvgIpc) is 2.84. The van der Waals surface area contributed by atoms with Gasteiger partial charge in [-0.3, -0.25) is 4.79 Å². The SMILES string of the molecule is CCOC(=O)c1c(N)nn(C(=O)c2ccccc2O)c1SC. The maximum absolute atomic E-state index is 12.5. The number of hydrogen-bond donors (Lipinski definition) is 2. The molecule has 22 heavy (non-hydrogen) atoms. The van der Waals surface area contributed by atoms with Crippen LogP contribution >= 0.6 is 11.8 Å². The molecule has 3 N–H and O–H groups in total. The fraction of sp³-hybridized carbons (Fsp3) is 0.214. The molecule has 0 bridgehead atoms. The fourth-order valence-electron chi connectivity index (χ4n) is 1.91. The van der Waals surface area contributed by atoms with Crippen molar-refractivity contribution in [1.82, 2.24) is 9.78 Å². The molecule has 0 saturated heterocycles. The summed E-state index contributed by atoms with van der Waals surface area (Å²) in [5.41, 5.74) is 5.86. The van der Waals surface area contributed by atoms with E-state index >= 15 is 0 Å². The minimum atomic E-state index is -0.638. The standard InChI is InChI=1S/C14H15N3O4S/c1-3-21-14(20)10-11(15)16-17(13(10)22-2)12(19)8-6-4-5-7-9(8)18/h4-7,18H,3H2,1-2H3,(H2,15,16). The highest BCUT2D eigenvalue weighted by Crippen LogP contribution is 2.28. The van der Waals surface area contributed by atoms with Crippen LogP contribution in [0.4, 0.5) is 5.82 Å². The van der Waals surface area contributed by atoms with Gasteiger partial charge in [0, 0.05) is 0 Å². The number of rotatable bonds is 4. The first-order chi connectivity index (χ1) is 10.5. The van der Waals surface area contributed by atoms with E-state index in [4.69, 9.17) is 10.5 Å². The van der Waals surface area contributed by atoms with Crippen LogP contribution < -0.4 is 5.73 Å². The third-order valence-electron chi connectivity index (χ3n) is 2.87. The molecule has 116 valence electrons. The molecule has 0 radical (unpaired) electrons. The number of aromatic nitrogens is 2. The van der Waals surface area contributed by atoms with Crippen molar-refractivity contribution in [3.63, 3.8) is 0 Å². The Morgan fingerprint density at radius 1 is 1.41 bits per heavy atom. The van der Waals surface area contributed by atoms with Gasteiger partial charge < -0.3 is 15.6 Å². The van der Waals surface area contributed by atoms with E-state index in [9.17, 15) is 14.7 Å². The van der Waals surface area contributed by atoms with Crippen LogP contribution in [-0.2, 0) is 4.74 Å². The van der Waals surface area contributed by atoms with Gasteiger partial charge in [0.1, 0.15) is 16.3 Å². The third kappa shape index (κ3) is 2.77. The molecule has 0 spiro atoms. The molecular formula is C14H15N3O4S. The summed E-state index contributed by atoms with van der Waals surface area (Å²) in [5.74, 6) is -1.48. The van der Waals surface area contributed by atoms with Crippen LogP contribution in [0.15, 0.2) is 29.3 Å². The lowest BCUT2D eigenvalue weighted by molar-refractivity contribution is 0.0523. The monoisotopic (exact) mass is 321 g/mol. The molecule has 1 aromatic heterocycles. The van der Waals surface area contributed by atoms with Crippen LogP contribution in [0.1, 0.15) is 27.6 Å². The van der Waals surface area contributed by atoms with Crippen molar-refractivity contribution in [2.24, 2.45) is 0 Å². The molecule has 0 saturated carbocycles. The van der Waals surface area contributed by atoms with Crippen LogP contribution in [0, 0.1) is 0 Å². The molecule has 0 unspecified atom stereocenters. The molecule has 1 aromatic carbocycles. The highest BCUT2D eigenvalue weighted by Gasteiger charge is 2.27. The molecule has 2 rings (SSSR count). The molecule has 0 aliphatic carbocycles. The number of thioether (sulfide) groups is 1. The van der Waals surface area contributed by atoms with E-state index in [-0.39, 0.29) is 34.3 Å². The molecule has 0 atom stereocenters. The van der Waals surface area contributed by atoms with E-state index in [1.54, 1.807) is 25.3 Å². The van der Waals surface area contributed by atoms with Gasteiger partial charge in [0.25, 0.3) is 5.91 Å². The first-order valence-electron chi connectivity index (χ1n) is 6.43. The summed E-state index contributed by atoms with van der Waals surface area (Å²) < 4.78 is 5.93. The number of anilines is 1. The Morgan fingerprint density at radius 3 is 2.68 bits per heavy atom. The van der Waals surface area contributed by atoms with Crippen molar-refractivity contribution in [2.75, 3.05) is 18.6 Å². The summed E-state index contributed by atoms with van der Waals surface area (Å²) in [4.78, 5) is 24.5. The summed E-state index contributed by atoms with van der Waals surface area (Å²) >= 11 is 1.14. The van der Waals surface area contributed by atoms with Crippen LogP contribution in [0.2, 0.25) is 0 Å². The predicted octanol–water partition coefficient (Wildman–Crippen LogP) is 1.76. The number of esters is 1. The maximum Gasteiger partial charge on any atom is 0.344 e. The van der Waals surface area contributed by atoms with Crippen molar-refractivity contribution in [2.45, 2.75) is 11.9 Å². The van der Waals surface area contributed by atoms with Gasteiger partial charge >= 0.3 is 5.97 Å². The van der Waals surface area contributed by atoms with E-state index in [1.807, 2.05) is 0 Å². The van der Waals surface area contributed by atoms with Crippen molar-refractivity contribution in [3.8, 4) is 5.75 Å². The van der Waals surface area contributed by atoms with E-state index < -0.39 is 11.9 Å². The lowest BCUT2D eigenvalue weighted by Crippen LogP contribution is -2.15. The highest BCUT2D eigenvalue weighted by atomic mass is 32.2. The van der Waals surface area contributed by atoms with Gasteiger partial charge in [-0.05, 0) is 25.3 Å². The topological polar surface area (TPSA) is 107 Å². The van der Waals surface area contributed by atoms with Crippen molar-refractivity contribution >= 4 is 29.5 Å². The van der Waals surface area contributed by atoms with Crippen LogP contribution in [0.5, 0.6) is 5.75 Å². The Hall–Kier alpha value is -2.48. The van der Waals surface area contributed by atoms with Gasteiger partial charge in [-0.2, -0.15) is 4.68 Å². The summed E-state index contributed by atoms with van der Waals surface area (Å²) in [7, 11) is 0. The second-order valence-corrected chi connectivity index (χ2v) is 5.02. The second-order valence-electron chi connectivity index (χ2n) is 4.22. The Bertz CT molecular complexity index is 727. The quantitative estimate of drug-likeness (QED) is 0.652. The number of nitrogen functional groups attached to an aromatic ring is 1. The molecular weight excluding hydrogens is 306 g/mol. The number of carbonyl (C=O) groups is 2. The normalized spacial score (nSPS) is 10.5. The number of benzene rings is 1. The number of para-hydroxylation sites is 1. The number of phenolic OH excluding ortho intramolecular Hbond substituents is 1. The lowest BCUT2D eigenvalue weighted by atomic mass is 10.2. The van der Waals surface area contributed by atoms with Crippen LogP contribution in [0.3, 0.4) is 0 Å². The summed E-state index contributed by atoms with van der Waals surface area (Å²) in [6.45, 7) is 1.86. The first-order valence-corrected chi connectivity index (χ1v) is 7.66. The number of ether oxygens (including phenoxy) is 1. The van der Waals surface area contributed by atoms with E-state index in [2.05, 4.69) is 5.10 Å². The van der Waals surface area contributed by atoms with Gasteiger partial charge in [-0.1, -0.05) is 12.1 Å². The van der Waals surface area contributed by atoms with Gasteiger partial charge in [0.05, 0.1) is 12.2 Å². The molecule has 2 aromatic rings. The first kappa shape index (κ1) is 15.9. The van der Waals surface area contributed by atoms with Gasteiger partial charge in [-0.25, -0.2) is 4.79 Å². The zero-order valence-electron chi connectivity index (χ0n) is 12.1. The minimum absolute atomic E-state index is 0.0538. The Kier molecular flexibility index (Phi) is 4.71. The average molecular weight is 321 g/mol. The van der Waals surface area contributed by atoms with Gasteiger partial charge in [0.2, 0.25) is 0 Å². The largest absolute Gasteiger partial charge is 0.507 e. The number of aromatic hydroxyl groups is 1. The number of nitrogens with two attached hydrogens (primary N) is 1. The summed E-state index contributed by atoms with van der Waals surface area (Å²) in [6.07, 6.45) is 1.69. The zero-order valence-corrected chi connectivity index (χ0v) is 12.9. The Morgan fingerprint density at radius 2 is 2.09 bits per heavy atom. The molecule has 8 heteroatoms. The summed E-state index contributed by atoms with van der Waals surface area (Å²) in [6, 6.07) is 6.07. The van der Waals surface area contributed by atoms with Crippen LogP contribution in [-0.4, -0.2) is 39.6 Å². The molecule has 0 amide bonds. The van der Waals surface area contributed by atoms with E-state index in [0.29, 0.717) is 0 Å². The third-order valence-corrected chi connectivity index (χ3v) is 3.63.